The summed E-state index contributed by atoms with van der Waals surface area (Å²) >= 11 is 5.82. The minimum atomic E-state index is -0.553. The van der Waals surface area contributed by atoms with Crippen molar-refractivity contribution in [2.45, 2.75) is 26.4 Å². The predicted octanol–water partition coefficient (Wildman–Crippen LogP) is 2.18. The SMILES string of the molecule is CC(C)(C)OC(=O)NCCNC(=O)c1cc(Cl)ccc1N. The van der Waals surface area contributed by atoms with Gasteiger partial charge in [-0.25, -0.2) is 4.79 Å². The third kappa shape index (κ3) is 6.35. The molecule has 0 unspecified atom stereocenters. The van der Waals surface area contributed by atoms with Crippen molar-refractivity contribution in [2.24, 2.45) is 0 Å². The van der Waals surface area contributed by atoms with Gasteiger partial charge in [0.2, 0.25) is 0 Å². The van der Waals surface area contributed by atoms with Gasteiger partial charge in [0, 0.05) is 23.8 Å². The normalized spacial score (nSPS) is 10.9. The van der Waals surface area contributed by atoms with E-state index >= 15 is 0 Å². The standard InChI is InChI=1S/C14H20ClN3O3/c1-14(2,3)21-13(20)18-7-6-17-12(19)10-8-9(15)4-5-11(10)16/h4-5,8H,6-7,16H2,1-3H3,(H,17,19)(H,18,20). The van der Waals surface area contributed by atoms with Crippen molar-refractivity contribution in [2.75, 3.05) is 18.8 Å². The van der Waals surface area contributed by atoms with Crippen LogP contribution in [0.15, 0.2) is 18.2 Å². The summed E-state index contributed by atoms with van der Waals surface area (Å²) in [5.41, 5.74) is 5.80. The quantitative estimate of drug-likeness (QED) is 0.586. The van der Waals surface area contributed by atoms with Crippen molar-refractivity contribution < 1.29 is 14.3 Å². The molecule has 0 radical (unpaired) electrons. The minimum Gasteiger partial charge on any atom is -0.444 e. The molecular formula is C14H20ClN3O3. The molecule has 0 aliphatic heterocycles. The third-order valence-electron chi connectivity index (χ3n) is 2.34. The number of hydrogen-bond acceptors (Lipinski definition) is 4. The molecular weight excluding hydrogens is 294 g/mol. The molecule has 0 heterocycles. The van der Waals surface area contributed by atoms with E-state index in [9.17, 15) is 9.59 Å². The monoisotopic (exact) mass is 313 g/mol. The van der Waals surface area contributed by atoms with Gasteiger partial charge >= 0.3 is 6.09 Å². The Morgan fingerprint density at radius 1 is 1.24 bits per heavy atom. The molecule has 0 fully saturated rings. The zero-order valence-corrected chi connectivity index (χ0v) is 13.1. The van der Waals surface area contributed by atoms with E-state index in [4.69, 9.17) is 22.1 Å². The number of amides is 2. The molecule has 0 aliphatic carbocycles. The lowest BCUT2D eigenvalue weighted by Crippen LogP contribution is -2.38. The Morgan fingerprint density at radius 2 is 1.86 bits per heavy atom. The summed E-state index contributed by atoms with van der Waals surface area (Å²) in [5.74, 6) is -0.346. The molecule has 0 spiro atoms. The van der Waals surface area contributed by atoms with E-state index in [1.54, 1.807) is 32.9 Å². The number of nitrogens with one attached hydrogen (secondary N) is 2. The van der Waals surface area contributed by atoms with Gasteiger partial charge in [-0.15, -0.1) is 0 Å². The molecule has 1 aromatic carbocycles. The highest BCUT2D eigenvalue weighted by Crippen LogP contribution is 2.17. The van der Waals surface area contributed by atoms with Crippen LogP contribution in [-0.2, 0) is 4.74 Å². The summed E-state index contributed by atoms with van der Waals surface area (Å²) in [4.78, 5) is 23.3. The summed E-state index contributed by atoms with van der Waals surface area (Å²) in [6, 6.07) is 4.67. The zero-order valence-electron chi connectivity index (χ0n) is 12.3. The first-order valence-electron chi connectivity index (χ1n) is 6.49. The number of nitrogen functional groups attached to an aromatic ring is 1. The van der Waals surface area contributed by atoms with Crippen LogP contribution in [0, 0.1) is 0 Å². The Hall–Kier alpha value is -1.95. The van der Waals surface area contributed by atoms with Crippen LogP contribution in [0.25, 0.3) is 0 Å². The first-order chi connectivity index (χ1) is 9.69. The van der Waals surface area contributed by atoms with Crippen LogP contribution < -0.4 is 16.4 Å². The Kier molecular flexibility index (Phi) is 5.84. The van der Waals surface area contributed by atoms with Crippen molar-refractivity contribution in [1.82, 2.24) is 10.6 Å². The minimum absolute atomic E-state index is 0.251. The molecule has 7 heteroatoms. The smallest absolute Gasteiger partial charge is 0.407 e. The highest BCUT2D eigenvalue weighted by atomic mass is 35.5. The number of rotatable bonds is 4. The lowest BCUT2D eigenvalue weighted by Gasteiger charge is -2.19. The number of alkyl carbamates (subject to hydrolysis) is 1. The van der Waals surface area contributed by atoms with Gasteiger partial charge in [-0.1, -0.05) is 11.6 Å². The van der Waals surface area contributed by atoms with Crippen molar-refractivity contribution >= 4 is 29.3 Å². The second-order valence-corrected chi connectivity index (χ2v) is 5.85. The Morgan fingerprint density at radius 3 is 2.48 bits per heavy atom. The van der Waals surface area contributed by atoms with Crippen LogP contribution in [0.5, 0.6) is 0 Å². The van der Waals surface area contributed by atoms with Gasteiger partial charge in [0.15, 0.2) is 0 Å². The van der Waals surface area contributed by atoms with Crippen molar-refractivity contribution in [1.29, 1.82) is 0 Å². The van der Waals surface area contributed by atoms with Crippen LogP contribution in [-0.4, -0.2) is 30.7 Å². The number of nitrogens with two attached hydrogens (primary N) is 1. The lowest BCUT2D eigenvalue weighted by atomic mass is 10.1. The molecule has 0 atom stereocenters. The van der Waals surface area contributed by atoms with E-state index in [1.165, 1.54) is 6.07 Å². The van der Waals surface area contributed by atoms with Crippen LogP contribution in [0.2, 0.25) is 5.02 Å². The zero-order chi connectivity index (χ0) is 16.0. The topological polar surface area (TPSA) is 93.5 Å². The largest absolute Gasteiger partial charge is 0.444 e. The van der Waals surface area contributed by atoms with E-state index < -0.39 is 11.7 Å². The summed E-state index contributed by atoms with van der Waals surface area (Å²) in [5, 5.41) is 5.61. The molecule has 6 nitrogen and oxygen atoms in total. The number of ether oxygens (including phenoxy) is 1. The molecule has 116 valence electrons. The molecule has 21 heavy (non-hydrogen) atoms. The molecule has 0 bridgehead atoms. The van der Waals surface area contributed by atoms with Crippen LogP contribution in [0.3, 0.4) is 0 Å². The first kappa shape index (κ1) is 17.1. The highest BCUT2D eigenvalue weighted by molar-refractivity contribution is 6.31. The Bertz CT molecular complexity index is 527. The van der Waals surface area contributed by atoms with Crippen LogP contribution in [0.1, 0.15) is 31.1 Å². The maximum Gasteiger partial charge on any atom is 0.407 e. The van der Waals surface area contributed by atoms with E-state index in [1.807, 2.05) is 0 Å². The van der Waals surface area contributed by atoms with Crippen molar-refractivity contribution in [3.8, 4) is 0 Å². The molecule has 2 amide bonds. The van der Waals surface area contributed by atoms with Crippen LogP contribution >= 0.6 is 11.6 Å². The summed E-state index contributed by atoms with van der Waals surface area (Å²) in [6.45, 7) is 5.83. The van der Waals surface area contributed by atoms with Gasteiger partial charge in [-0.3, -0.25) is 4.79 Å². The fourth-order valence-corrected chi connectivity index (χ4v) is 1.65. The molecule has 1 aromatic rings. The van der Waals surface area contributed by atoms with Gasteiger partial charge in [-0.2, -0.15) is 0 Å². The second-order valence-electron chi connectivity index (χ2n) is 5.42. The predicted molar refractivity (Wildman–Crippen MR) is 82.4 cm³/mol. The van der Waals surface area contributed by atoms with Gasteiger partial charge in [0.05, 0.1) is 5.56 Å². The van der Waals surface area contributed by atoms with Crippen LogP contribution in [0.4, 0.5) is 10.5 Å². The maximum absolute atomic E-state index is 11.9. The molecule has 0 saturated heterocycles. The third-order valence-corrected chi connectivity index (χ3v) is 2.57. The van der Waals surface area contributed by atoms with Crippen molar-refractivity contribution in [3.05, 3.63) is 28.8 Å². The first-order valence-corrected chi connectivity index (χ1v) is 6.87. The fraction of sp³-hybridized carbons (Fsp3) is 0.429. The molecule has 0 saturated carbocycles. The number of benzene rings is 1. The summed E-state index contributed by atoms with van der Waals surface area (Å²) in [7, 11) is 0. The van der Waals surface area contributed by atoms with Gasteiger partial charge < -0.3 is 21.1 Å². The molecule has 4 N–H and O–H groups in total. The number of anilines is 1. The second kappa shape index (κ2) is 7.17. The average molecular weight is 314 g/mol. The van der Waals surface area contributed by atoms with E-state index in [0.717, 1.165) is 0 Å². The summed E-state index contributed by atoms with van der Waals surface area (Å²) in [6.07, 6.45) is -0.529. The van der Waals surface area contributed by atoms with Crippen molar-refractivity contribution in [3.63, 3.8) is 0 Å². The number of carbonyl (C=O) groups excluding carboxylic acids is 2. The highest BCUT2D eigenvalue weighted by Gasteiger charge is 2.15. The van der Waals surface area contributed by atoms with E-state index in [2.05, 4.69) is 10.6 Å². The maximum atomic E-state index is 11.9. The van der Waals surface area contributed by atoms with Gasteiger partial charge in [0.25, 0.3) is 5.91 Å². The molecule has 0 aromatic heterocycles. The number of halogens is 1. The Balaban J connectivity index is 2.38. The Labute approximate surface area is 129 Å². The average Bonchev–Trinajstić information content (AvgIpc) is 2.35. The fourth-order valence-electron chi connectivity index (χ4n) is 1.48. The van der Waals surface area contributed by atoms with E-state index in [0.29, 0.717) is 16.3 Å². The number of hydrogen-bond donors (Lipinski definition) is 3. The van der Waals surface area contributed by atoms with Gasteiger partial charge in [-0.05, 0) is 39.0 Å². The van der Waals surface area contributed by atoms with E-state index in [-0.39, 0.29) is 19.0 Å². The molecule has 1 rings (SSSR count). The lowest BCUT2D eigenvalue weighted by molar-refractivity contribution is 0.0526. The summed E-state index contributed by atoms with van der Waals surface area (Å²) < 4.78 is 5.06. The molecule has 0 aliphatic rings. The van der Waals surface area contributed by atoms with Gasteiger partial charge in [0.1, 0.15) is 5.60 Å². The number of carbonyl (C=O) groups is 2.